The fraction of sp³-hybridized carbons (Fsp3) is 0.179. The largest absolute Gasteiger partial charge is 0.489 e. The first kappa shape index (κ1) is 25.3. The van der Waals surface area contributed by atoms with Gasteiger partial charge in [-0.05, 0) is 52.6 Å². The summed E-state index contributed by atoms with van der Waals surface area (Å²) in [4.78, 5) is 13.8. The van der Waals surface area contributed by atoms with Crippen LogP contribution in [0.25, 0.3) is 22.3 Å². The topological polar surface area (TPSA) is 40.6 Å². The molecule has 0 aliphatic heterocycles. The Morgan fingerprint density at radius 3 is 2.31 bits per heavy atom. The maximum atomic E-state index is 14.1. The van der Waals surface area contributed by atoms with Crippen molar-refractivity contribution < 1.29 is 32.1 Å². The lowest BCUT2D eigenvalue weighted by molar-refractivity contribution is -0.271. The molecule has 0 N–H and O–H groups in total. The van der Waals surface area contributed by atoms with Crippen molar-refractivity contribution in [3.05, 3.63) is 108 Å². The van der Waals surface area contributed by atoms with E-state index in [1.54, 1.807) is 12.4 Å². The van der Waals surface area contributed by atoms with E-state index in [0.29, 0.717) is 13.0 Å². The molecular weight excluding hydrogens is 474 g/mol. The number of aromatic nitrogens is 1. The predicted octanol–water partition coefficient (Wildman–Crippen LogP) is 7.27. The summed E-state index contributed by atoms with van der Waals surface area (Å²) >= 11 is 0. The molecule has 0 amide bonds. The lowest BCUT2D eigenvalue weighted by atomic mass is 9.98. The molecule has 0 aliphatic carbocycles. The number of pyridine rings is 1. The summed E-state index contributed by atoms with van der Waals surface area (Å²) in [5.74, 6) is -0.678. The van der Waals surface area contributed by atoms with Crippen molar-refractivity contribution in [2.24, 2.45) is 0 Å². The molecule has 186 valence electrons. The SMILES string of the molecule is COOCCc1cncc(-c2ccc(COc3ccc(-c4ccccc4F)c(C(F)(F)F)c3)cc2)c1. The number of benzene rings is 3. The molecule has 4 aromatic rings. The Hall–Kier alpha value is -3.75. The zero-order valence-electron chi connectivity index (χ0n) is 19.4. The molecule has 0 bridgehead atoms. The Bertz CT molecular complexity index is 1310. The van der Waals surface area contributed by atoms with Crippen LogP contribution in [0, 0.1) is 5.82 Å². The van der Waals surface area contributed by atoms with Crippen molar-refractivity contribution in [1.29, 1.82) is 0 Å². The molecular formula is C28H23F4NO3. The normalized spacial score (nSPS) is 11.5. The van der Waals surface area contributed by atoms with Gasteiger partial charge in [-0.3, -0.25) is 4.98 Å². The van der Waals surface area contributed by atoms with Gasteiger partial charge in [-0.25, -0.2) is 14.2 Å². The summed E-state index contributed by atoms with van der Waals surface area (Å²) < 4.78 is 61.0. The maximum absolute atomic E-state index is 14.1. The standard InChI is InChI=1S/C28H23F4NO3/c1-34-36-13-12-20-14-22(17-33-16-20)21-8-6-19(7-9-21)18-35-23-10-11-24(26(15-23)28(30,31)32)25-4-2-3-5-27(25)29/h2-11,14-17H,12-13,18H2,1H3. The Labute approximate surface area is 206 Å². The van der Waals surface area contributed by atoms with Crippen LogP contribution in [0.5, 0.6) is 5.75 Å². The molecule has 0 radical (unpaired) electrons. The molecule has 0 saturated heterocycles. The van der Waals surface area contributed by atoms with Crippen LogP contribution in [0.1, 0.15) is 16.7 Å². The molecule has 8 heteroatoms. The van der Waals surface area contributed by atoms with Crippen molar-refractivity contribution >= 4 is 0 Å². The Kier molecular flexibility index (Phi) is 7.97. The molecule has 3 aromatic carbocycles. The minimum absolute atomic E-state index is 0.0432. The van der Waals surface area contributed by atoms with E-state index < -0.39 is 17.6 Å². The zero-order valence-corrected chi connectivity index (χ0v) is 19.4. The number of halogens is 4. The fourth-order valence-electron chi connectivity index (χ4n) is 3.75. The molecule has 1 aromatic heterocycles. The number of nitrogens with zero attached hydrogens (tertiary/aromatic N) is 1. The third-order valence-electron chi connectivity index (χ3n) is 5.54. The van der Waals surface area contributed by atoms with E-state index in [1.165, 1.54) is 37.4 Å². The van der Waals surface area contributed by atoms with Gasteiger partial charge in [-0.2, -0.15) is 13.2 Å². The number of alkyl halides is 3. The molecule has 0 fully saturated rings. The number of hydrogen-bond acceptors (Lipinski definition) is 4. The molecule has 0 unspecified atom stereocenters. The summed E-state index contributed by atoms with van der Waals surface area (Å²) in [6.45, 7) is 0.485. The van der Waals surface area contributed by atoms with Crippen molar-refractivity contribution in [3.63, 3.8) is 0 Å². The lowest BCUT2D eigenvalue weighted by Gasteiger charge is -2.16. The van der Waals surface area contributed by atoms with Gasteiger partial charge >= 0.3 is 6.18 Å². The summed E-state index contributed by atoms with van der Waals surface area (Å²) in [6.07, 6.45) is -0.507. The summed E-state index contributed by atoms with van der Waals surface area (Å²) in [7, 11) is 1.45. The van der Waals surface area contributed by atoms with Gasteiger partial charge in [-0.1, -0.05) is 42.5 Å². The molecule has 4 nitrogen and oxygen atoms in total. The number of rotatable bonds is 9. The van der Waals surface area contributed by atoms with Crippen molar-refractivity contribution in [1.82, 2.24) is 4.98 Å². The van der Waals surface area contributed by atoms with E-state index >= 15 is 0 Å². The quantitative estimate of drug-likeness (QED) is 0.106. The minimum atomic E-state index is -4.67. The lowest BCUT2D eigenvalue weighted by Crippen LogP contribution is -2.08. The van der Waals surface area contributed by atoms with Crippen LogP contribution >= 0.6 is 0 Å². The molecule has 1 heterocycles. The Balaban J connectivity index is 1.47. The van der Waals surface area contributed by atoms with E-state index in [-0.39, 0.29) is 23.5 Å². The van der Waals surface area contributed by atoms with Gasteiger partial charge < -0.3 is 4.74 Å². The predicted molar refractivity (Wildman–Crippen MR) is 128 cm³/mol. The first-order chi connectivity index (χ1) is 17.3. The second kappa shape index (κ2) is 11.3. The van der Waals surface area contributed by atoms with Crippen LogP contribution in [0.2, 0.25) is 0 Å². The van der Waals surface area contributed by atoms with E-state index in [1.807, 2.05) is 30.3 Å². The second-order valence-corrected chi connectivity index (χ2v) is 7.99. The van der Waals surface area contributed by atoms with Crippen molar-refractivity contribution in [3.8, 4) is 28.0 Å². The first-order valence-corrected chi connectivity index (χ1v) is 11.1. The van der Waals surface area contributed by atoms with Crippen molar-refractivity contribution in [2.75, 3.05) is 13.7 Å². The highest BCUT2D eigenvalue weighted by Crippen LogP contribution is 2.40. The summed E-state index contributed by atoms with van der Waals surface area (Å²) in [5, 5.41) is 0. The van der Waals surface area contributed by atoms with Gasteiger partial charge in [0.05, 0.1) is 19.3 Å². The highest BCUT2D eigenvalue weighted by Gasteiger charge is 2.34. The molecule has 0 atom stereocenters. The molecule has 0 aliphatic rings. The summed E-state index contributed by atoms with van der Waals surface area (Å²) in [6, 6.07) is 18.4. The van der Waals surface area contributed by atoms with Gasteiger partial charge in [0.1, 0.15) is 18.2 Å². The third kappa shape index (κ3) is 6.27. The van der Waals surface area contributed by atoms with E-state index in [9.17, 15) is 17.6 Å². The van der Waals surface area contributed by atoms with E-state index in [2.05, 4.69) is 9.87 Å². The Morgan fingerprint density at radius 2 is 1.58 bits per heavy atom. The average molecular weight is 497 g/mol. The van der Waals surface area contributed by atoms with Crippen LogP contribution in [-0.4, -0.2) is 18.7 Å². The third-order valence-corrected chi connectivity index (χ3v) is 5.54. The molecule has 4 rings (SSSR count). The van der Waals surface area contributed by atoms with Crippen LogP contribution in [0.4, 0.5) is 17.6 Å². The summed E-state index contributed by atoms with van der Waals surface area (Å²) in [5.41, 5.74) is 2.34. The number of ether oxygens (including phenoxy) is 1. The molecule has 36 heavy (non-hydrogen) atoms. The van der Waals surface area contributed by atoms with E-state index in [4.69, 9.17) is 9.62 Å². The minimum Gasteiger partial charge on any atom is -0.489 e. The highest BCUT2D eigenvalue weighted by atomic mass is 19.4. The fourth-order valence-corrected chi connectivity index (χ4v) is 3.75. The smallest absolute Gasteiger partial charge is 0.417 e. The van der Waals surface area contributed by atoms with Gasteiger partial charge in [0.15, 0.2) is 0 Å². The van der Waals surface area contributed by atoms with Gasteiger partial charge in [-0.15, -0.1) is 0 Å². The molecule has 0 saturated carbocycles. The maximum Gasteiger partial charge on any atom is 0.417 e. The van der Waals surface area contributed by atoms with Crippen LogP contribution in [-0.2, 0) is 29.0 Å². The average Bonchev–Trinajstić information content (AvgIpc) is 2.88. The van der Waals surface area contributed by atoms with E-state index in [0.717, 1.165) is 34.4 Å². The number of hydrogen-bond donors (Lipinski definition) is 0. The zero-order chi connectivity index (χ0) is 25.5. The van der Waals surface area contributed by atoms with Crippen molar-refractivity contribution in [2.45, 2.75) is 19.2 Å². The highest BCUT2D eigenvalue weighted by molar-refractivity contribution is 5.70. The van der Waals surface area contributed by atoms with Gasteiger partial charge in [0, 0.05) is 29.9 Å². The van der Waals surface area contributed by atoms with Gasteiger partial charge in [0.2, 0.25) is 0 Å². The monoisotopic (exact) mass is 497 g/mol. The second-order valence-electron chi connectivity index (χ2n) is 7.99. The van der Waals surface area contributed by atoms with Gasteiger partial charge in [0.25, 0.3) is 0 Å². The molecule has 0 spiro atoms. The Morgan fingerprint density at radius 1 is 0.806 bits per heavy atom. The van der Waals surface area contributed by atoms with Crippen LogP contribution < -0.4 is 4.74 Å². The van der Waals surface area contributed by atoms with Crippen LogP contribution in [0.15, 0.2) is 85.2 Å². The van der Waals surface area contributed by atoms with Crippen LogP contribution in [0.3, 0.4) is 0 Å². The first-order valence-electron chi connectivity index (χ1n) is 11.1.